The third-order valence-corrected chi connectivity index (χ3v) is 4.56. The van der Waals surface area contributed by atoms with E-state index in [2.05, 4.69) is 0 Å². The Hall–Kier alpha value is -2.49. The van der Waals surface area contributed by atoms with E-state index in [0.29, 0.717) is 17.4 Å². The molecule has 0 aliphatic heterocycles. The normalized spacial score (nSPS) is 18.5. The van der Waals surface area contributed by atoms with Gasteiger partial charge in [-0.2, -0.15) is 0 Å². The highest BCUT2D eigenvalue weighted by atomic mass is 16.4. The molecule has 24 heavy (non-hydrogen) atoms. The van der Waals surface area contributed by atoms with Gasteiger partial charge in [0, 0.05) is 17.9 Å². The molecule has 4 nitrogen and oxygen atoms in total. The molecule has 0 unspecified atom stereocenters. The Morgan fingerprint density at radius 3 is 2.29 bits per heavy atom. The van der Waals surface area contributed by atoms with Gasteiger partial charge in [0.25, 0.3) is 0 Å². The van der Waals surface area contributed by atoms with E-state index in [1.54, 1.807) is 6.92 Å². The molecule has 4 rings (SSSR count). The van der Waals surface area contributed by atoms with Crippen LogP contribution in [0.3, 0.4) is 0 Å². The molecule has 0 saturated heterocycles. The highest BCUT2D eigenvalue weighted by Gasteiger charge is 2.35. The van der Waals surface area contributed by atoms with E-state index in [0.717, 1.165) is 16.6 Å². The van der Waals surface area contributed by atoms with E-state index in [4.69, 9.17) is 15.1 Å². The predicted molar refractivity (Wildman–Crippen MR) is 93.9 cm³/mol. The topological polar surface area (TPSA) is 63.1 Å². The van der Waals surface area contributed by atoms with Crippen molar-refractivity contribution in [3.8, 4) is 0 Å². The van der Waals surface area contributed by atoms with Crippen LogP contribution in [0.4, 0.5) is 0 Å². The van der Waals surface area contributed by atoms with Gasteiger partial charge in [0.1, 0.15) is 0 Å². The first-order valence-electron chi connectivity index (χ1n) is 8.51. The lowest BCUT2D eigenvalue weighted by Gasteiger charge is -2.08. The molecule has 2 fully saturated rings. The van der Waals surface area contributed by atoms with E-state index in [1.807, 2.05) is 30.4 Å². The predicted octanol–water partition coefficient (Wildman–Crippen LogP) is 4.43. The fraction of sp³-hybridized carbons (Fsp3) is 0.350. The average Bonchev–Trinajstić information content (AvgIpc) is 3.43. The van der Waals surface area contributed by atoms with Crippen molar-refractivity contribution in [1.82, 2.24) is 9.97 Å². The number of aromatic nitrogens is 2. The largest absolute Gasteiger partial charge is 0.478 e. The Balaban J connectivity index is 1.68. The fourth-order valence-electron chi connectivity index (χ4n) is 2.99. The lowest BCUT2D eigenvalue weighted by molar-refractivity contribution is -0.131. The molecule has 0 amide bonds. The molecule has 4 heteroatoms. The number of nitrogens with zero attached hydrogens (tertiary/aromatic N) is 2. The molecule has 2 saturated carbocycles. The van der Waals surface area contributed by atoms with Gasteiger partial charge in [0.05, 0.1) is 22.4 Å². The van der Waals surface area contributed by atoms with Crippen molar-refractivity contribution in [1.29, 1.82) is 0 Å². The van der Waals surface area contributed by atoms with Crippen molar-refractivity contribution in [3.05, 3.63) is 52.9 Å². The Bertz CT molecular complexity index is 875. The second kappa shape index (κ2) is 5.86. The molecular formula is C20H20N2O2. The van der Waals surface area contributed by atoms with Crippen LogP contribution in [0.15, 0.2) is 35.9 Å². The number of carboxylic acid groups (broad SMARTS) is 1. The summed E-state index contributed by atoms with van der Waals surface area (Å²) in [5.74, 6) is 0.307. The summed E-state index contributed by atoms with van der Waals surface area (Å²) in [6.45, 7) is 1.78. The third-order valence-electron chi connectivity index (χ3n) is 4.56. The van der Waals surface area contributed by atoms with Crippen LogP contribution in [0.2, 0.25) is 0 Å². The molecule has 0 bridgehead atoms. The Morgan fingerprint density at radius 1 is 1.08 bits per heavy atom. The van der Waals surface area contributed by atoms with Crippen LogP contribution >= 0.6 is 0 Å². The summed E-state index contributed by atoms with van der Waals surface area (Å²) in [6.07, 6.45) is 9.89. The maximum Gasteiger partial charge on any atom is 0.328 e. The molecule has 2 aromatic rings. The van der Waals surface area contributed by atoms with Crippen LogP contribution in [0.1, 0.15) is 61.4 Å². The molecular weight excluding hydrogens is 300 g/mol. The molecule has 1 aromatic heterocycles. The van der Waals surface area contributed by atoms with Crippen molar-refractivity contribution in [3.63, 3.8) is 0 Å². The molecule has 1 aromatic carbocycles. The van der Waals surface area contributed by atoms with Crippen LogP contribution in [0, 0.1) is 0 Å². The zero-order valence-corrected chi connectivity index (χ0v) is 13.7. The molecule has 0 radical (unpaired) electrons. The SMILES string of the molecule is CC(/C=C/c1ccc2nc(C3CC3)c(C3CC3)nc2c1)=C\C(=O)O. The van der Waals surface area contributed by atoms with Crippen molar-refractivity contribution >= 4 is 23.1 Å². The molecule has 122 valence electrons. The van der Waals surface area contributed by atoms with Crippen LogP contribution < -0.4 is 0 Å². The second-order valence-electron chi connectivity index (χ2n) is 6.85. The first kappa shape index (κ1) is 15.1. The summed E-state index contributed by atoms with van der Waals surface area (Å²) in [5.41, 5.74) is 6.05. The number of carbonyl (C=O) groups is 1. The minimum absolute atomic E-state index is 0.609. The number of aliphatic carboxylic acids is 1. The number of rotatable bonds is 5. The van der Waals surface area contributed by atoms with Gasteiger partial charge in [0.15, 0.2) is 0 Å². The standard InChI is InChI=1S/C20H20N2O2/c1-12(10-18(23)24)2-3-13-4-9-16-17(11-13)22-20(15-7-8-15)19(21-16)14-5-6-14/h2-4,9-11,14-15H,5-8H2,1H3,(H,23,24)/b3-2+,12-10+. The molecule has 0 spiro atoms. The fourth-order valence-corrected chi connectivity index (χ4v) is 2.99. The lowest BCUT2D eigenvalue weighted by Crippen LogP contribution is -2.00. The average molecular weight is 320 g/mol. The zero-order valence-electron chi connectivity index (χ0n) is 13.7. The monoisotopic (exact) mass is 320 g/mol. The van der Waals surface area contributed by atoms with Gasteiger partial charge in [-0.05, 0) is 55.9 Å². The van der Waals surface area contributed by atoms with E-state index in [-0.39, 0.29) is 0 Å². The summed E-state index contributed by atoms with van der Waals surface area (Å²) in [5, 5.41) is 8.76. The quantitative estimate of drug-likeness (QED) is 0.654. The highest BCUT2D eigenvalue weighted by molar-refractivity contribution is 5.82. The number of allylic oxidation sites excluding steroid dienone is 2. The van der Waals surface area contributed by atoms with Gasteiger partial charge in [-0.25, -0.2) is 14.8 Å². The first-order chi connectivity index (χ1) is 11.6. The Kier molecular flexibility index (Phi) is 3.68. The minimum atomic E-state index is -0.928. The van der Waals surface area contributed by atoms with Gasteiger partial charge >= 0.3 is 5.97 Å². The number of carboxylic acids is 1. The summed E-state index contributed by atoms with van der Waals surface area (Å²) >= 11 is 0. The number of hydrogen-bond acceptors (Lipinski definition) is 3. The minimum Gasteiger partial charge on any atom is -0.478 e. The zero-order chi connectivity index (χ0) is 16.7. The lowest BCUT2D eigenvalue weighted by atomic mass is 10.1. The maximum atomic E-state index is 10.7. The number of hydrogen-bond donors (Lipinski definition) is 1. The molecule has 2 aliphatic carbocycles. The molecule has 0 atom stereocenters. The number of benzene rings is 1. The smallest absolute Gasteiger partial charge is 0.328 e. The molecule has 1 N–H and O–H groups in total. The van der Waals surface area contributed by atoms with Gasteiger partial charge in [-0.3, -0.25) is 0 Å². The van der Waals surface area contributed by atoms with Crippen LogP contribution in [0.25, 0.3) is 17.1 Å². The first-order valence-corrected chi connectivity index (χ1v) is 8.51. The van der Waals surface area contributed by atoms with Gasteiger partial charge < -0.3 is 5.11 Å². The maximum absolute atomic E-state index is 10.7. The second-order valence-corrected chi connectivity index (χ2v) is 6.85. The van der Waals surface area contributed by atoms with Crippen LogP contribution in [-0.2, 0) is 4.79 Å². The number of fused-ring (bicyclic) bond motifs is 1. The van der Waals surface area contributed by atoms with Crippen LogP contribution in [0.5, 0.6) is 0 Å². The molecule has 1 heterocycles. The highest BCUT2D eigenvalue weighted by Crippen LogP contribution is 2.48. The summed E-state index contributed by atoms with van der Waals surface area (Å²) in [7, 11) is 0. The Morgan fingerprint density at radius 2 is 1.71 bits per heavy atom. The van der Waals surface area contributed by atoms with Crippen molar-refractivity contribution in [2.45, 2.75) is 44.4 Å². The van der Waals surface area contributed by atoms with E-state index >= 15 is 0 Å². The summed E-state index contributed by atoms with van der Waals surface area (Å²) in [6, 6.07) is 6.06. The van der Waals surface area contributed by atoms with Gasteiger partial charge in [0.2, 0.25) is 0 Å². The summed E-state index contributed by atoms with van der Waals surface area (Å²) in [4.78, 5) is 20.5. The van der Waals surface area contributed by atoms with Gasteiger partial charge in [-0.1, -0.05) is 18.2 Å². The van der Waals surface area contributed by atoms with E-state index in [1.165, 1.54) is 43.1 Å². The van der Waals surface area contributed by atoms with Crippen LogP contribution in [-0.4, -0.2) is 21.0 Å². The molecule has 2 aliphatic rings. The van der Waals surface area contributed by atoms with Crippen molar-refractivity contribution in [2.75, 3.05) is 0 Å². The third kappa shape index (κ3) is 3.23. The Labute approximate surface area is 140 Å². The van der Waals surface area contributed by atoms with Gasteiger partial charge in [-0.15, -0.1) is 0 Å². The van der Waals surface area contributed by atoms with Crippen molar-refractivity contribution in [2.24, 2.45) is 0 Å². The summed E-state index contributed by atoms with van der Waals surface area (Å²) < 4.78 is 0. The van der Waals surface area contributed by atoms with E-state index in [9.17, 15) is 4.79 Å². The van der Waals surface area contributed by atoms with Crippen molar-refractivity contribution < 1.29 is 9.90 Å². The van der Waals surface area contributed by atoms with E-state index < -0.39 is 5.97 Å².